The van der Waals surface area contributed by atoms with Crippen molar-refractivity contribution in [3.63, 3.8) is 0 Å². The molecule has 0 amide bonds. The van der Waals surface area contributed by atoms with Gasteiger partial charge in [0.1, 0.15) is 12.7 Å². The molecule has 4 nitrogen and oxygen atoms in total. The first kappa shape index (κ1) is 6.84. The molecule has 1 atom stereocenters. The molecule has 7 heavy (non-hydrogen) atoms. The van der Waals surface area contributed by atoms with Crippen LogP contribution in [-0.2, 0) is 4.89 Å². The average molecular weight is 108 g/mol. The fourth-order valence-electron chi connectivity index (χ4n) is 0.139. The fourth-order valence-corrected chi connectivity index (χ4v) is 0.139. The molecule has 0 unspecified atom stereocenters. The Morgan fingerprint density at radius 2 is 2.14 bits per heavy atom. The van der Waals surface area contributed by atoms with Crippen LogP contribution in [0.1, 0.15) is 0 Å². The standard InChI is InChI=1S/C3H8O4/c4-1-3(5)2-7-6/h3-6H,1-2H2/t3-/m1/s1. The van der Waals surface area contributed by atoms with Crippen LogP contribution in [0.4, 0.5) is 0 Å². The Kier molecular flexibility index (Phi) is 3.92. The lowest BCUT2D eigenvalue weighted by atomic mass is 10.4. The quantitative estimate of drug-likeness (QED) is 0.314. The van der Waals surface area contributed by atoms with E-state index in [0.717, 1.165) is 0 Å². The van der Waals surface area contributed by atoms with Gasteiger partial charge in [-0.25, -0.2) is 4.89 Å². The Bertz CT molecular complexity index is 37.9. The van der Waals surface area contributed by atoms with Crippen LogP contribution in [0, 0.1) is 0 Å². The summed E-state index contributed by atoms with van der Waals surface area (Å²) in [5, 5.41) is 23.9. The highest BCUT2D eigenvalue weighted by Gasteiger charge is 1.98. The zero-order valence-electron chi connectivity index (χ0n) is 3.74. The summed E-state index contributed by atoms with van der Waals surface area (Å²) in [5.74, 6) is 0. The smallest absolute Gasteiger partial charge is 0.110 e. The van der Waals surface area contributed by atoms with Gasteiger partial charge in [0, 0.05) is 0 Å². The highest BCUT2D eigenvalue weighted by Crippen LogP contribution is 1.77. The predicted octanol–water partition coefficient (Wildman–Crippen LogP) is -1.17. The molecule has 0 heterocycles. The molecule has 3 N–H and O–H groups in total. The molecule has 0 aliphatic heterocycles. The summed E-state index contributed by atoms with van der Waals surface area (Å²) in [5.41, 5.74) is 0. The summed E-state index contributed by atoms with van der Waals surface area (Å²) >= 11 is 0. The molecular formula is C3H8O4. The Morgan fingerprint density at radius 1 is 1.57 bits per heavy atom. The number of rotatable bonds is 3. The SMILES string of the molecule is OC[C@@H](O)COO. The molecule has 44 valence electrons. The molecule has 0 rings (SSSR count). The van der Waals surface area contributed by atoms with E-state index in [1.54, 1.807) is 0 Å². The summed E-state index contributed by atoms with van der Waals surface area (Å²) in [4.78, 5) is 3.48. The summed E-state index contributed by atoms with van der Waals surface area (Å²) < 4.78 is 0. The van der Waals surface area contributed by atoms with E-state index in [-0.39, 0.29) is 13.2 Å². The summed E-state index contributed by atoms with van der Waals surface area (Å²) in [6.45, 7) is -0.628. The largest absolute Gasteiger partial charge is 0.394 e. The minimum atomic E-state index is -0.968. The molecule has 0 spiro atoms. The first-order chi connectivity index (χ1) is 3.31. The zero-order valence-corrected chi connectivity index (χ0v) is 3.74. The van der Waals surface area contributed by atoms with Gasteiger partial charge in [0.25, 0.3) is 0 Å². The Labute approximate surface area is 40.9 Å². The first-order valence-corrected chi connectivity index (χ1v) is 1.86. The van der Waals surface area contributed by atoms with Gasteiger partial charge in [0.15, 0.2) is 0 Å². The van der Waals surface area contributed by atoms with Crippen LogP contribution in [0.3, 0.4) is 0 Å². The monoisotopic (exact) mass is 108 g/mol. The van der Waals surface area contributed by atoms with Gasteiger partial charge in [-0.3, -0.25) is 5.26 Å². The molecule has 0 aromatic rings. The van der Waals surface area contributed by atoms with Crippen LogP contribution in [0.15, 0.2) is 0 Å². The molecule has 0 saturated carbocycles. The zero-order chi connectivity index (χ0) is 5.70. The Balaban J connectivity index is 2.83. The summed E-state index contributed by atoms with van der Waals surface area (Å²) in [6, 6.07) is 0. The molecule has 0 aliphatic carbocycles. The van der Waals surface area contributed by atoms with Crippen molar-refractivity contribution in [2.75, 3.05) is 13.2 Å². The second kappa shape index (κ2) is 4.01. The Hall–Kier alpha value is -0.160. The number of aliphatic hydroxyl groups excluding tert-OH is 2. The van der Waals surface area contributed by atoms with E-state index in [9.17, 15) is 0 Å². The maximum Gasteiger partial charge on any atom is 0.110 e. The molecule has 4 heteroatoms. The minimum Gasteiger partial charge on any atom is -0.394 e. The topological polar surface area (TPSA) is 69.9 Å². The van der Waals surface area contributed by atoms with Gasteiger partial charge in [-0.1, -0.05) is 0 Å². The number of hydrogen-bond acceptors (Lipinski definition) is 4. The lowest BCUT2D eigenvalue weighted by Gasteiger charge is -2.00. The third-order valence-electron chi connectivity index (χ3n) is 0.478. The average Bonchev–Trinajstić information content (AvgIpc) is 1.68. The third-order valence-corrected chi connectivity index (χ3v) is 0.478. The van der Waals surface area contributed by atoms with E-state index in [1.807, 2.05) is 0 Å². The maximum atomic E-state index is 8.32. The van der Waals surface area contributed by atoms with Crippen LogP contribution >= 0.6 is 0 Å². The molecule has 0 fully saturated rings. The van der Waals surface area contributed by atoms with Gasteiger partial charge in [-0.2, -0.15) is 0 Å². The van der Waals surface area contributed by atoms with Gasteiger partial charge in [-0.15, -0.1) is 0 Å². The van der Waals surface area contributed by atoms with E-state index in [0.29, 0.717) is 0 Å². The molecule has 0 aliphatic rings. The van der Waals surface area contributed by atoms with Crippen molar-refractivity contribution in [3.05, 3.63) is 0 Å². The van der Waals surface area contributed by atoms with Crippen molar-refractivity contribution < 1.29 is 20.4 Å². The Morgan fingerprint density at radius 3 is 2.29 bits per heavy atom. The van der Waals surface area contributed by atoms with Gasteiger partial charge >= 0.3 is 0 Å². The fraction of sp³-hybridized carbons (Fsp3) is 1.00. The van der Waals surface area contributed by atoms with Crippen molar-refractivity contribution in [1.82, 2.24) is 0 Å². The van der Waals surface area contributed by atoms with Crippen molar-refractivity contribution in [2.24, 2.45) is 0 Å². The summed E-state index contributed by atoms with van der Waals surface area (Å²) in [6.07, 6.45) is -0.968. The van der Waals surface area contributed by atoms with Gasteiger partial charge in [0.05, 0.1) is 6.61 Å². The molecule has 0 bridgehead atoms. The predicted molar refractivity (Wildman–Crippen MR) is 21.7 cm³/mol. The van der Waals surface area contributed by atoms with Gasteiger partial charge in [0.2, 0.25) is 0 Å². The molecule has 0 saturated heterocycles. The second-order valence-corrected chi connectivity index (χ2v) is 1.13. The number of hydrogen-bond donors (Lipinski definition) is 3. The van der Waals surface area contributed by atoms with Crippen LogP contribution in [0.5, 0.6) is 0 Å². The van der Waals surface area contributed by atoms with Crippen LogP contribution in [-0.4, -0.2) is 34.8 Å². The molecule has 0 aromatic heterocycles. The third kappa shape index (κ3) is 3.68. The number of aliphatic hydroxyl groups is 2. The van der Waals surface area contributed by atoms with Gasteiger partial charge in [-0.05, 0) is 0 Å². The van der Waals surface area contributed by atoms with E-state index >= 15 is 0 Å². The lowest BCUT2D eigenvalue weighted by Crippen LogP contribution is -2.17. The van der Waals surface area contributed by atoms with E-state index in [1.165, 1.54) is 0 Å². The maximum absolute atomic E-state index is 8.32. The van der Waals surface area contributed by atoms with Crippen LogP contribution in [0.25, 0.3) is 0 Å². The van der Waals surface area contributed by atoms with E-state index in [2.05, 4.69) is 4.89 Å². The highest BCUT2D eigenvalue weighted by atomic mass is 17.1. The highest BCUT2D eigenvalue weighted by molar-refractivity contribution is 4.45. The molecule has 0 radical (unpaired) electrons. The second-order valence-electron chi connectivity index (χ2n) is 1.13. The van der Waals surface area contributed by atoms with Crippen molar-refractivity contribution >= 4 is 0 Å². The minimum absolute atomic E-state index is 0.240. The van der Waals surface area contributed by atoms with Crippen molar-refractivity contribution in [3.8, 4) is 0 Å². The van der Waals surface area contributed by atoms with Crippen LogP contribution < -0.4 is 0 Å². The first-order valence-electron chi connectivity index (χ1n) is 1.86. The normalized spacial score (nSPS) is 14.1. The van der Waals surface area contributed by atoms with Gasteiger partial charge < -0.3 is 10.2 Å². The van der Waals surface area contributed by atoms with Crippen molar-refractivity contribution in [2.45, 2.75) is 6.10 Å². The van der Waals surface area contributed by atoms with E-state index < -0.39 is 6.10 Å². The lowest BCUT2D eigenvalue weighted by molar-refractivity contribution is -0.258. The van der Waals surface area contributed by atoms with Crippen molar-refractivity contribution in [1.29, 1.82) is 0 Å². The molecular weight excluding hydrogens is 100 g/mol. The molecule has 0 aromatic carbocycles. The van der Waals surface area contributed by atoms with Crippen LogP contribution in [0.2, 0.25) is 0 Å². The summed E-state index contributed by atoms with van der Waals surface area (Å²) in [7, 11) is 0. The van der Waals surface area contributed by atoms with E-state index in [4.69, 9.17) is 15.5 Å².